The second-order valence-electron chi connectivity index (χ2n) is 3.05. The second-order valence-corrected chi connectivity index (χ2v) is 3.97. The maximum absolute atomic E-state index is 3.46. The van der Waals surface area contributed by atoms with Crippen molar-refractivity contribution in [2.24, 2.45) is 0 Å². The number of nitrogens with one attached hydrogen (secondary N) is 1. The third-order valence-electron chi connectivity index (χ3n) is 2.00. The predicted molar refractivity (Wildman–Crippen MR) is 58.2 cm³/mol. The minimum Gasteiger partial charge on any atom is -0.382 e. The largest absolute Gasteiger partial charge is 0.382 e. The Morgan fingerprint density at radius 2 is 2.25 bits per heavy atom. The number of fused-ring (bicyclic) bond motifs is 1. The molecule has 2 rings (SSSR count). The van der Waals surface area contributed by atoms with Gasteiger partial charge < -0.3 is 5.32 Å². The van der Waals surface area contributed by atoms with Crippen LogP contribution in [0.2, 0.25) is 0 Å². The fourth-order valence-corrected chi connectivity index (χ4v) is 1.93. The molecule has 12 heavy (non-hydrogen) atoms. The quantitative estimate of drug-likeness (QED) is 0.743. The number of hydrogen-bond donors (Lipinski definition) is 1. The van der Waals surface area contributed by atoms with Crippen molar-refractivity contribution in [1.82, 2.24) is 0 Å². The van der Waals surface area contributed by atoms with Crippen LogP contribution in [0.1, 0.15) is 12.5 Å². The minimum absolute atomic E-state index is 0. The summed E-state index contributed by atoms with van der Waals surface area (Å²) in [5.41, 5.74) is 2.72. The molecule has 1 aliphatic rings. The van der Waals surface area contributed by atoms with Crippen molar-refractivity contribution >= 4 is 34.0 Å². The summed E-state index contributed by atoms with van der Waals surface area (Å²) in [6.45, 7) is 2.20. The summed E-state index contributed by atoms with van der Waals surface area (Å²) < 4.78 is 1.17. The van der Waals surface area contributed by atoms with E-state index >= 15 is 0 Å². The van der Waals surface area contributed by atoms with Crippen LogP contribution < -0.4 is 5.32 Å². The van der Waals surface area contributed by atoms with Gasteiger partial charge in [0, 0.05) is 16.2 Å². The Morgan fingerprint density at radius 1 is 1.50 bits per heavy atom. The average Bonchev–Trinajstić information content (AvgIpc) is 2.27. The third kappa shape index (κ3) is 1.75. The lowest BCUT2D eigenvalue weighted by molar-refractivity contribution is 0.839. The first-order chi connectivity index (χ1) is 5.25. The smallest absolute Gasteiger partial charge is 0.0376 e. The van der Waals surface area contributed by atoms with Gasteiger partial charge in [-0.05, 0) is 37.1 Å². The molecule has 3 heteroatoms. The van der Waals surface area contributed by atoms with Crippen LogP contribution in [0, 0.1) is 0 Å². The van der Waals surface area contributed by atoms with Crippen molar-refractivity contribution < 1.29 is 0 Å². The van der Waals surface area contributed by atoms with Gasteiger partial charge in [0.2, 0.25) is 0 Å². The number of benzene rings is 1. The van der Waals surface area contributed by atoms with Gasteiger partial charge in [0.15, 0.2) is 0 Å². The summed E-state index contributed by atoms with van der Waals surface area (Å²) >= 11 is 3.46. The molecule has 0 aliphatic carbocycles. The Labute approximate surface area is 87.1 Å². The van der Waals surface area contributed by atoms with Gasteiger partial charge in [-0.25, -0.2) is 0 Å². The molecule has 1 nitrogen and oxygen atoms in total. The zero-order valence-corrected chi connectivity index (χ0v) is 9.21. The zero-order valence-electron chi connectivity index (χ0n) is 6.80. The molecule has 0 bridgehead atoms. The van der Waals surface area contributed by atoms with E-state index in [0.29, 0.717) is 6.04 Å². The van der Waals surface area contributed by atoms with Crippen LogP contribution in [0.15, 0.2) is 22.7 Å². The normalized spacial score (nSPS) is 19.3. The highest BCUT2D eigenvalue weighted by atomic mass is 79.9. The van der Waals surface area contributed by atoms with Crippen molar-refractivity contribution in [2.75, 3.05) is 5.32 Å². The maximum Gasteiger partial charge on any atom is 0.0376 e. The van der Waals surface area contributed by atoms with Gasteiger partial charge in [-0.15, -0.1) is 12.4 Å². The third-order valence-corrected chi connectivity index (χ3v) is 2.49. The number of hydrogen-bond acceptors (Lipinski definition) is 1. The molecule has 1 aromatic rings. The zero-order chi connectivity index (χ0) is 7.84. The monoisotopic (exact) mass is 247 g/mol. The van der Waals surface area contributed by atoms with Crippen LogP contribution in [-0.4, -0.2) is 6.04 Å². The summed E-state index contributed by atoms with van der Waals surface area (Å²) in [7, 11) is 0. The molecular formula is C9H11BrClN. The van der Waals surface area contributed by atoms with Crippen LogP contribution >= 0.6 is 28.3 Å². The maximum atomic E-state index is 3.46. The lowest BCUT2D eigenvalue weighted by Gasteiger charge is -2.00. The molecule has 0 saturated carbocycles. The van der Waals surface area contributed by atoms with E-state index in [-0.39, 0.29) is 12.4 Å². The number of anilines is 1. The van der Waals surface area contributed by atoms with E-state index in [1.54, 1.807) is 0 Å². The van der Waals surface area contributed by atoms with Crippen molar-refractivity contribution in [3.63, 3.8) is 0 Å². The molecule has 1 heterocycles. The summed E-state index contributed by atoms with van der Waals surface area (Å²) in [4.78, 5) is 0. The summed E-state index contributed by atoms with van der Waals surface area (Å²) in [6, 6.07) is 6.98. The fraction of sp³-hybridized carbons (Fsp3) is 0.333. The number of halogens is 2. The standard InChI is InChI=1S/C9H10BrN.ClH/c1-6-4-7-5-8(10)2-3-9(7)11-6;/h2-3,5-6,11H,4H2,1H3;1H. The topological polar surface area (TPSA) is 12.0 Å². The summed E-state index contributed by atoms with van der Waals surface area (Å²) in [6.07, 6.45) is 1.15. The molecule has 0 spiro atoms. The molecule has 1 atom stereocenters. The van der Waals surface area contributed by atoms with Crippen molar-refractivity contribution in [1.29, 1.82) is 0 Å². The van der Waals surface area contributed by atoms with Crippen LogP contribution in [0.25, 0.3) is 0 Å². The Morgan fingerprint density at radius 3 is 3.00 bits per heavy atom. The molecule has 0 amide bonds. The fourth-order valence-electron chi connectivity index (χ4n) is 1.52. The Kier molecular flexibility index (Phi) is 3.02. The lowest BCUT2D eigenvalue weighted by atomic mass is 10.1. The van der Waals surface area contributed by atoms with Gasteiger partial charge in [-0.1, -0.05) is 15.9 Å². The van der Waals surface area contributed by atoms with Crippen molar-refractivity contribution in [2.45, 2.75) is 19.4 Å². The first-order valence-corrected chi connectivity index (χ1v) is 4.60. The first-order valence-electron chi connectivity index (χ1n) is 3.80. The van der Waals surface area contributed by atoms with E-state index in [2.05, 4.69) is 46.4 Å². The molecule has 0 saturated heterocycles. The SMILES string of the molecule is CC1Cc2cc(Br)ccc2N1.Cl. The molecular weight excluding hydrogens is 237 g/mol. The summed E-state index contributed by atoms with van der Waals surface area (Å²) in [5, 5.41) is 3.40. The summed E-state index contributed by atoms with van der Waals surface area (Å²) in [5.74, 6) is 0. The van der Waals surface area contributed by atoms with Gasteiger partial charge in [0.1, 0.15) is 0 Å². The highest BCUT2D eigenvalue weighted by Crippen LogP contribution is 2.28. The van der Waals surface area contributed by atoms with Gasteiger partial charge >= 0.3 is 0 Å². The second kappa shape index (κ2) is 3.67. The lowest BCUT2D eigenvalue weighted by Crippen LogP contribution is -2.08. The Bertz CT molecular complexity index is 288. The molecule has 1 aliphatic heterocycles. The molecule has 0 aromatic heterocycles. The molecule has 0 fully saturated rings. The van der Waals surface area contributed by atoms with Crippen LogP contribution in [0.3, 0.4) is 0 Å². The predicted octanol–water partition coefficient (Wildman–Crippen LogP) is 3.23. The van der Waals surface area contributed by atoms with E-state index in [1.807, 2.05) is 0 Å². The van der Waals surface area contributed by atoms with Crippen molar-refractivity contribution in [3.05, 3.63) is 28.2 Å². The number of rotatable bonds is 0. The first kappa shape index (κ1) is 9.87. The van der Waals surface area contributed by atoms with E-state index < -0.39 is 0 Å². The van der Waals surface area contributed by atoms with E-state index in [4.69, 9.17) is 0 Å². The van der Waals surface area contributed by atoms with E-state index in [1.165, 1.54) is 15.7 Å². The molecule has 1 N–H and O–H groups in total. The van der Waals surface area contributed by atoms with Crippen LogP contribution in [0.5, 0.6) is 0 Å². The minimum atomic E-state index is 0. The Hall–Kier alpha value is -0.210. The van der Waals surface area contributed by atoms with Gasteiger partial charge in [-0.2, -0.15) is 0 Å². The van der Waals surface area contributed by atoms with E-state index in [0.717, 1.165) is 6.42 Å². The average molecular weight is 249 g/mol. The van der Waals surface area contributed by atoms with Gasteiger partial charge in [0.25, 0.3) is 0 Å². The van der Waals surface area contributed by atoms with Gasteiger partial charge in [-0.3, -0.25) is 0 Å². The van der Waals surface area contributed by atoms with Crippen LogP contribution in [-0.2, 0) is 6.42 Å². The molecule has 1 unspecified atom stereocenters. The van der Waals surface area contributed by atoms with E-state index in [9.17, 15) is 0 Å². The molecule has 0 radical (unpaired) electrons. The molecule has 66 valence electrons. The highest BCUT2D eigenvalue weighted by molar-refractivity contribution is 9.10. The van der Waals surface area contributed by atoms with Crippen molar-refractivity contribution in [3.8, 4) is 0 Å². The Balaban J connectivity index is 0.000000720. The molecule has 1 aromatic carbocycles. The van der Waals surface area contributed by atoms with Crippen LogP contribution in [0.4, 0.5) is 5.69 Å². The van der Waals surface area contributed by atoms with Gasteiger partial charge in [0.05, 0.1) is 0 Å². The highest BCUT2D eigenvalue weighted by Gasteiger charge is 2.15.